The molecular formula is C26H30O5. The molecule has 0 atom stereocenters. The Morgan fingerprint density at radius 1 is 0.839 bits per heavy atom. The quantitative estimate of drug-likeness (QED) is 0.292. The minimum Gasteiger partial charge on any atom is -0.478 e. The maximum absolute atomic E-state index is 11.3. The Kier molecular flexibility index (Phi) is 10.2. The summed E-state index contributed by atoms with van der Waals surface area (Å²) in [5.74, 6) is 4.48. The van der Waals surface area contributed by atoms with E-state index in [1.807, 2.05) is 12.1 Å². The Labute approximate surface area is 184 Å². The molecule has 5 heteroatoms. The molecule has 0 aliphatic rings. The fourth-order valence-electron chi connectivity index (χ4n) is 3.20. The molecule has 0 aliphatic heterocycles. The van der Waals surface area contributed by atoms with E-state index in [4.69, 9.17) is 4.74 Å². The van der Waals surface area contributed by atoms with Crippen LogP contribution < -0.4 is 4.74 Å². The monoisotopic (exact) mass is 422 g/mol. The standard InChI is InChI=1S/C26H30O5/c1-2-3-4-5-6-7-8-9-10-11-14-20-15-12-13-16-24(20)31-23-18-21(25(27)28)17-22(19-23)26(29)30/h12-13,15-19H,2-10H2,1H3,(H,27,28)(H,29,30). The highest BCUT2D eigenvalue weighted by Gasteiger charge is 2.13. The van der Waals surface area contributed by atoms with Gasteiger partial charge >= 0.3 is 11.9 Å². The molecule has 164 valence electrons. The van der Waals surface area contributed by atoms with Gasteiger partial charge in [-0.15, -0.1) is 0 Å². The van der Waals surface area contributed by atoms with Crippen molar-refractivity contribution in [1.29, 1.82) is 0 Å². The van der Waals surface area contributed by atoms with E-state index in [9.17, 15) is 19.8 Å². The first-order valence-corrected chi connectivity index (χ1v) is 10.9. The first-order valence-electron chi connectivity index (χ1n) is 10.9. The summed E-state index contributed by atoms with van der Waals surface area (Å²) >= 11 is 0. The van der Waals surface area contributed by atoms with Gasteiger partial charge in [0.2, 0.25) is 0 Å². The zero-order valence-corrected chi connectivity index (χ0v) is 18.0. The Hall–Kier alpha value is -3.26. The summed E-state index contributed by atoms with van der Waals surface area (Å²) in [6.45, 7) is 2.22. The SMILES string of the molecule is CCCCCCCCCCC#Cc1ccccc1Oc1cc(C(=O)O)cc(C(=O)O)c1. The number of para-hydroxylation sites is 1. The van der Waals surface area contributed by atoms with Crippen LogP contribution in [0.15, 0.2) is 42.5 Å². The minimum absolute atomic E-state index is 0.145. The molecule has 0 fully saturated rings. The van der Waals surface area contributed by atoms with Gasteiger partial charge in [-0.3, -0.25) is 0 Å². The third-order valence-electron chi connectivity index (χ3n) is 4.89. The Morgan fingerprint density at radius 3 is 2.03 bits per heavy atom. The third kappa shape index (κ3) is 8.55. The van der Waals surface area contributed by atoms with Crippen LogP contribution in [0.25, 0.3) is 0 Å². The number of benzene rings is 2. The smallest absolute Gasteiger partial charge is 0.335 e. The van der Waals surface area contributed by atoms with Gasteiger partial charge in [0, 0.05) is 6.42 Å². The molecule has 0 aromatic heterocycles. The molecule has 5 nitrogen and oxygen atoms in total. The van der Waals surface area contributed by atoms with Crippen LogP contribution in [0, 0.1) is 11.8 Å². The summed E-state index contributed by atoms with van der Waals surface area (Å²) in [6, 6.07) is 10.9. The number of carboxylic acid groups (broad SMARTS) is 2. The second-order valence-corrected chi connectivity index (χ2v) is 7.48. The summed E-state index contributed by atoms with van der Waals surface area (Å²) in [5, 5.41) is 18.4. The fourth-order valence-corrected chi connectivity index (χ4v) is 3.20. The molecule has 0 bridgehead atoms. The molecule has 0 radical (unpaired) electrons. The van der Waals surface area contributed by atoms with E-state index in [-0.39, 0.29) is 16.9 Å². The van der Waals surface area contributed by atoms with Crippen molar-refractivity contribution in [1.82, 2.24) is 0 Å². The lowest BCUT2D eigenvalue weighted by Crippen LogP contribution is -2.03. The summed E-state index contributed by atoms with van der Waals surface area (Å²) in [5.41, 5.74) is 0.390. The van der Waals surface area contributed by atoms with Crippen molar-refractivity contribution in [2.75, 3.05) is 0 Å². The molecule has 2 aromatic carbocycles. The Balaban J connectivity index is 1.97. The van der Waals surface area contributed by atoms with E-state index in [1.165, 1.54) is 57.1 Å². The molecule has 0 unspecified atom stereocenters. The van der Waals surface area contributed by atoms with Crippen LogP contribution in [0.4, 0.5) is 0 Å². The number of aromatic carboxylic acids is 2. The lowest BCUT2D eigenvalue weighted by Gasteiger charge is -2.09. The van der Waals surface area contributed by atoms with Gasteiger partial charge in [0.1, 0.15) is 11.5 Å². The Bertz CT molecular complexity index is 904. The van der Waals surface area contributed by atoms with Crippen molar-refractivity contribution >= 4 is 11.9 Å². The first kappa shape index (κ1) is 24.0. The van der Waals surface area contributed by atoms with Crippen molar-refractivity contribution < 1.29 is 24.5 Å². The van der Waals surface area contributed by atoms with Crippen LogP contribution in [0.1, 0.15) is 91.0 Å². The zero-order chi connectivity index (χ0) is 22.5. The van der Waals surface area contributed by atoms with E-state index in [0.717, 1.165) is 18.9 Å². The predicted molar refractivity (Wildman–Crippen MR) is 121 cm³/mol. The van der Waals surface area contributed by atoms with E-state index in [0.29, 0.717) is 11.3 Å². The highest BCUT2D eigenvalue weighted by molar-refractivity contribution is 5.94. The molecule has 0 aliphatic carbocycles. The normalized spacial score (nSPS) is 10.2. The second kappa shape index (κ2) is 13.1. The highest BCUT2D eigenvalue weighted by atomic mass is 16.5. The van der Waals surface area contributed by atoms with Crippen molar-refractivity contribution in [3.05, 3.63) is 59.2 Å². The summed E-state index contributed by atoms with van der Waals surface area (Å²) < 4.78 is 5.80. The number of unbranched alkanes of at least 4 members (excludes halogenated alkanes) is 8. The van der Waals surface area contributed by atoms with Crippen LogP contribution in [0.2, 0.25) is 0 Å². The Morgan fingerprint density at radius 2 is 1.42 bits per heavy atom. The van der Waals surface area contributed by atoms with Gasteiger partial charge in [-0.2, -0.15) is 0 Å². The maximum atomic E-state index is 11.3. The number of rotatable bonds is 12. The minimum atomic E-state index is -1.22. The average Bonchev–Trinajstić information content (AvgIpc) is 2.75. The summed E-state index contributed by atoms with van der Waals surface area (Å²) in [4.78, 5) is 22.6. The van der Waals surface area contributed by atoms with Gasteiger partial charge in [0.15, 0.2) is 0 Å². The van der Waals surface area contributed by atoms with Crippen molar-refractivity contribution in [2.45, 2.75) is 64.7 Å². The average molecular weight is 423 g/mol. The van der Waals surface area contributed by atoms with Crippen LogP contribution in [-0.2, 0) is 0 Å². The van der Waals surface area contributed by atoms with Crippen LogP contribution in [-0.4, -0.2) is 22.2 Å². The summed E-state index contributed by atoms with van der Waals surface area (Å²) in [6.07, 6.45) is 10.8. The zero-order valence-electron chi connectivity index (χ0n) is 18.0. The number of carboxylic acids is 2. The van der Waals surface area contributed by atoms with E-state index < -0.39 is 11.9 Å². The van der Waals surface area contributed by atoms with Gasteiger partial charge < -0.3 is 14.9 Å². The number of carbonyl (C=O) groups is 2. The number of hydrogen-bond donors (Lipinski definition) is 2. The molecule has 0 amide bonds. The van der Waals surface area contributed by atoms with E-state index in [2.05, 4.69) is 18.8 Å². The van der Waals surface area contributed by atoms with E-state index in [1.54, 1.807) is 12.1 Å². The lowest BCUT2D eigenvalue weighted by atomic mass is 10.1. The van der Waals surface area contributed by atoms with Gasteiger partial charge in [0.05, 0.1) is 16.7 Å². The van der Waals surface area contributed by atoms with Crippen LogP contribution in [0.3, 0.4) is 0 Å². The summed E-state index contributed by atoms with van der Waals surface area (Å²) in [7, 11) is 0. The van der Waals surface area contributed by atoms with Crippen molar-refractivity contribution in [3.8, 4) is 23.3 Å². The van der Waals surface area contributed by atoms with Gasteiger partial charge in [0.25, 0.3) is 0 Å². The van der Waals surface area contributed by atoms with E-state index >= 15 is 0 Å². The molecule has 2 N–H and O–H groups in total. The number of ether oxygens (including phenoxy) is 1. The number of hydrogen-bond acceptors (Lipinski definition) is 3. The largest absolute Gasteiger partial charge is 0.478 e. The molecule has 31 heavy (non-hydrogen) atoms. The van der Waals surface area contributed by atoms with Gasteiger partial charge in [-0.25, -0.2) is 9.59 Å². The van der Waals surface area contributed by atoms with Crippen molar-refractivity contribution in [3.63, 3.8) is 0 Å². The molecule has 2 aromatic rings. The maximum Gasteiger partial charge on any atom is 0.335 e. The molecule has 0 saturated carbocycles. The molecular weight excluding hydrogens is 392 g/mol. The molecule has 0 saturated heterocycles. The molecule has 2 rings (SSSR count). The molecule has 0 spiro atoms. The third-order valence-corrected chi connectivity index (χ3v) is 4.89. The van der Waals surface area contributed by atoms with Gasteiger partial charge in [-0.05, 0) is 36.8 Å². The van der Waals surface area contributed by atoms with Crippen LogP contribution in [0.5, 0.6) is 11.5 Å². The fraction of sp³-hybridized carbons (Fsp3) is 0.385. The topological polar surface area (TPSA) is 83.8 Å². The van der Waals surface area contributed by atoms with Crippen LogP contribution >= 0.6 is 0 Å². The second-order valence-electron chi connectivity index (χ2n) is 7.48. The predicted octanol–water partition coefficient (Wildman–Crippen LogP) is 6.76. The van der Waals surface area contributed by atoms with Crippen molar-refractivity contribution in [2.24, 2.45) is 0 Å². The lowest BCUT2D eigenvalue weighted by molar-refractivity contribution is 0.0696. The molecule has 0 heterocycles. The van der Waals surface area contributed by atoms with Gasteiger partial charge in [-0.1, -0.05) is 75.8 Å². The first-order chi connectivity index (χ1) is 15.0. The highest BCUT2D eigenvalue weighted by Crippen LogP contribution is 2.27.